The highest BCUT2D eigenvalue weighted by Gasteiger charge is 2.52. The molecule has 4 rings (SSSR count). The van der Waals surface area contributed by atoms with Gasteiger partial charge in [0.25, 0.3) is 5.91 Å². The smallest absolute Gasteiger partial charge is 0.399 e. The van der Waals surface area contributed by atoms with Gasteiger partial charge >= 0.3 is 7.12 Å². The van der Waals surface area contributed by atoms with Crippen molar-refractivity contribution < 1.29 is 22.9 Å². The van der Waals surface area contributed by atoms with Crippen LogP contribution in [0.25, 0.3) is 5.52 Å². The Labute approximate surface area is 173 Å². The molecular weight excluding hydrogens is 391 g/mol. The van der Waals surface area contributed by atoms with Crippen LogP contribution in [-0.2, 0) is 9.31 Å². The average Bonchev–Trinajstić information content (AvgIpc) is 3.14. The van der Waals surface area contributed by atoms with E-state index in [-0.39, 0.29) is 11.0 Å². The lowest BCUT2D eigenvalue weighted by molar-refractivity contribution is 0.00578. The maximum atomic E-state index is 14.7. The number of aryl methyl sites for hydroxylation is 1. The lowest BCUT2D eigenvalue weighted by Crippen LogP contribution is -2.41. The highest BCUT2D eigenvalue weighted by Crippen LogP contribution is 2.37. The summed E-state index contributed by atoms with van der Waals surface area (Å²) >= 11 is 0. The summed E-state index contributed by atoms with van der Waals surface area (Å²) < 4.78 is 41.3. The third-order valence-electron chi connectivity index (χ3n) is 5.82. The summed E-state index contributed by atoms with van der Waals surface area (Å²) in [6, 6.07) is 5.59. The first-order chi connectivity index (χ1) is 14.0. The highest BCUT2D eigenvalue weighted by molar-refractivity contribution is 6.62. The molecule has 3 aromatic rings. The zero-order valence-corrected chi connectivity index (χ0v) is 17.4. The molecule has 0 spiro atoms. The van der Waals surface area contributed by atoms with Gasteiger partial charge in [0.1, 0.15) is 11.6 Å². The van der Waals surface area contributed by atoms with Gasteiger partial charge in [-0.25, -0.2) is 13.3 Å². The van der Waals surface area contributed by atoms with Gasteiger partial charge in [-0.2, -0.15) is 5.10 Å². The normalized spacial score (nSPS) is 17.5. The third kappa shape index (κ3) is 3.38. The number of hydrogen-bond acceptors (Lipinski definition) is 4. The molecule has 0 saturated carbocycles. The maximum Gasteiger partial charge on any atom is 0.497 e. The first-order valence-corrected chi connectivity index (χ1v) is 9.58. The number of rotatable bonds is 3. The fraction of sp³-hybridized carbons (Fsp3) is 0.333. The summed E-state index contributed by atoms with van der Waals surface area (Å²) in [6.45, 7) is 9.23. The molecule has 0 radical (unpaired) electrons. The number of anilines is 1. The Bertz CT molecular complexity index is 1140. The Kier molecular flexibility index (Phi) is 4.70. The van der Waals surface area contributed by atoms with E-state index in [0.717, 1.165) is 0 Å². The fourth-order valence-electron chi connectivity index (χ4n) is 3.30. The van der Waals surface area contributed by atoms with Crippen LogP contribution in [-0.4, -0.2) is 33.8 Å². The van der Waals surface area contributed by atoms with Crippen molar-refractivity contribution in [3.63, 3.8) is 0 Å². The minimum absolute atomic E-state index is 0.205. The first kappa shape index (κ1) is 20.5. The van der Waals surface area contributed by atoms with Crippen LogP contribution in [0.15, 0.2) is 36.7 Å². The van der Waals surface area contributed by atoms with Crippen LogP contribution in [0.1, 0.15) is 43.6 Å². The van der Waals surface area contributed by atoms with Crippen molar-refractivity contribution in [2.75, 3.05) is 5.32 Å². The lowest BCUT2D eigenvalue weighted by Gasteiger charge is -2.32. The zero-order valence-electron chi connectivity index (χ0n) is 17.4. The molecule has 2 aromatic heterocycles. The van der Waals surface area contributed by atoms with E-state index in [1.807, 2.05) is 27.7 Å². The Morgan fingerprint density at radius 1 is 1.13 bits per heavy atom. The molecule has 0 bridgehead atoms. The van der Waals surface area contributed by atoms with Gasteiger partial charge in [-0.05, 0) is 64.4 Å². The summed E-state index contributed by atoms with van der Waals surface area (Å²) in [4.78, 5) is 12.8. The monoisotopic (exact) mass is 413 g/mol. The van der Waals surface area contributed by atoms with Crippen LogP contribution in [0.2, 0.25) is 0 Å². The number of benzene rings is 1. The van der Waals surface area contributed by atoms with Crippen molar-refractivity contribution in [1.82, 2.24) is 9.61 Å². The van der Waals surface area contributed by atoms with E-state index < -0.39 is 35.9 Å². The predicted molar refractivity (Wildman–Crippen MR) is 110 cm³/mol. The van der Waals surface area contributed by atoms with E-state index >= 15 is 0 Å². The van der Waals surface area contributed by atoms with Gasteiger partial charge in [0.15, 0.2) is 0 Å². The Morgan fingerprint density at radius 2 is 1.80 bits per heavy atom. The Morgan fingerprint density at radius 3 is 2.47 bits per heavy atom. The molecule has 6 nitrogen and oxygen atoms in total. The highest BCUT2D eigenvalue weighted by atomic mass is 19.1. The van der Waals surface area contributed by atoms with Crippen molar-refractivity contribution in [3.8, 4) is 0 Å². The van der Waals surface area contributed by atoms with Crippen LogP contribution in [0.3, 0.4) is 0 Å². The van der Waals surface area contributed by atoms with E-state index in [4.69, 9.17) is 9.31 Å². The summed E-state index contributed by atoms with van der Waals surface area (Å²) in [7, 11) is -0.897. The topological polar surface area (TPSA) is 64.9 Å². The molecule has 1 aliphatic heterocycles. The van der Waals surface area contributed by atoms with E-state index in [0.29, 0.717) is 16.8 Å². The number of nitrogens with zero attached hydrogens (tertiary/aromatic N) is 2. The number of hydrogen-bond donors (Lipinski definition) is 1. The number of halogens is 2. The number of nitrogens with one attached hydrogen (secondary N) is 1. The molecule has 1 aliphatic rings. The molecule has 1 fully saturated rings. The van der Waals surface area contributed by atoms with Crippen LogP contribution in [0.4, 0.5) is 14.5 Å². The molecule has 1 amide bonds. The molecule has 1 N–H and O–H groups in total. The molecule has 30 heavy (non-hydrogen) atoms. The van der Waals surface area contributed by atoms with Crippen LogP contribution in [0, 0.1) is 18.6 Å². The Balaban J connectivity index is 1.65. The first-order valence-electron chi connectivity index (χ1n) is 9.58. The molecule has 3 heterocycles. The standard InChI is InChI=1S/C21H22BF2N3O3/c1-12-8-16(24)15(22-29-20(2,3)21(4,5)30-22)9-17(12)26-19(28)14-10-25-27-11-13(23)6-7-18(14)27/h6-11H,1-5H3,(H,26,28). The van der Waals surface area contributed by atoms with Gasteiger partial charge in [-0.15, -0.1) is 0 Å². The number of carbonyl (C=O) groups excluding carboxylic acids is 1. The largest absolute Gasteiger partial charge is 0.497 e. The minimum Gasteiger partial charge on any atom is -0.399 e. The second-order valence-electron chi connectivity index (χ2n) is 8.47. The van der Waals surface area contributed by atoms with Gasteiger partial charge in [0.05, 0.1) is 34.7 Å². The lowest BCUT2D eigenvalue weighted by atomic mass is 9.78. The fourth-order valence-corrected chi connectivity index (χ4v) is 3.30. The maximum absolute atomic E-state index is 14.7. The van der Waals surface area contributed by atoms with Gasteiger partial charge in [-0.3, -0.25) is 4.79 Å². The molecule has 1 saturated heterocycles. The second-order valence-corrected chi connectivity index (χ2v) is 8.47. The summed E-state index contributed by atoms with van der Waals surface area (Å²) in [5, 5.41) is 6.80. The van der Waals surface area contributed by atoms with Crippen LogP contribution in [0.5, 0.6) is 0 Å². The van der Waals surface area contributed by atoms with E-state index in [2.05, 4.69) is 10.4 Å². The number of pyridine rings is 1. The van der Waals surface area contributed by atoms with E-state index in [1.54, 1.807) is 6.92 Å². The van der Waals surface area contributed by atoms with Gasteiger partial charge in [0.2, 0.25) is 0 Å². The molecular formula is C21H22BF2N3O3. The minimum atomic E-state index is -0.897. The summed E-state index contributed by atoms with van der Waals surface area (Å²) in [5.41, 5.74) is 0.665. The van der Waals surface area contributed by atoms with Crippen molar-refractivity contribution in [1.29, 1.82) is 0 Å². The molecule has 0 aliphatic carbocycles. The molecule has 0 atom stereocenters. The van der Waals surface area contributed by atoms with Gasteiger partial charge in [-0.1, -0.05) is 0 Å². The van der Waals surface area contributed by atoms with Gasteiger partial charge < -0.3 is 14.6 Å². The second kappa shape index (κ2) is 6.89. The van der Waals surface area contributed by atoms with E-state index in [9.17, 15) is 13.6 Å². The SMILES string of the molecule is Cc1cc(F)c(B2OC(C)(C)C(C)(C)O2)cc1NC(=O)c1cnn2cc(F)ccc12. The van der Waals surface area contributed by atoms with Crippen LogP contribution < -0.4 is 10.8 Å². The quantitative estimate of drug-likeness (QED) is 0.668. The summed E-state index contributed by atoms with van der Waals surface area (Å²) in [6.07, 6.45) is 2.55. The molecule has 1 aromatic carbocycles. The predicted octanol–water partition coefficient (Wildman–Crippen LogP) is 3.47. The van der Waals surface area contributed by atoms with Crippen LogP contribution >= 0.6 is 0 Å². The van der Waals surface area contributed by atoms with Crippen molar-refractivity contribution in [2.45, 2.75) is 45.8 Å². The van der Waals surface area contributed by atoms with Crippen molar-refractivity contribution in [2.24, 2.45) is 0 Å². The molecule has 156 valence electrons. The molecule has 0 unspecified atom stereocenters. The average molecular weight is 413 g/mol. The van der Waals surface area contributed by atoms with Crippen molar-refractivity contribution >= 4 is 29.7 Å². The number of aromatic nitrogens is 2. The zero-order chi connectivity index (χ0) is 21.8. The summed E-state index contributed by atoms with van der Waals surface area (Å²) in [5.74, 6) is -1.37. The van der Waals surface area contributed by atoms with E-state index in [1.165, 1.54) is 41.2 Å². The number of amides is 1. The number of carbonyl (C=O) groups is 1. The Hall–Kier alpha value is -2.78. The molecule has 9 heteroatoms. The number of fused-ring (bicyclic) bond motifs is 1. The van der Waals surface area contributed by atoms with Crippen molar-refractivity contribution in [3.05, 3.63) is 59.4 Å². The third-order valence-corrected chi connectivity index (χ3v) is 5.82. The van der Waals surface area contributed by atoms with Gasteiger partial charge in [0, 0.05) is 11.2 Å².